The Morgan fingerprint density at radius 1 is 1.50 bits per heavy atom. The van der Waals surface area contributed by atoms with Crippen LogP contribution in [0.3, 0.4) is 0 Å². The van der Waals surface area contributed by atoms with Crippen LogP contribution in [0.1, 0.15) is 19.0 Å². The Bertz CT molecular complexity index is 452. The van der Waals surface area contributed by atoms with Crippen LogP contribution >= 0.6 is 22.9 Å². The Morgan fingerprint density at radius 3 is 3.06 bits per heavy atom. The minimum absolute atomic E-state index is 0.731. The minimum atomic E-state index is 0.731. The lowest BCUT2D eigenvalue weighted by Gasteiger charge is -2.00. The highest BCUT2D eigenvalue weighted by molar-refractivity contribution is 7.19. The molecular formula is C11H13ClN2OS. The first-order valence-corrected chi connectivity index (χ1v) is 6.39. The van der Waals surface area contributed by atoms with Crippen molar-refractivity contribution < 1.29 is 4.42 Å². The van der Waals surface area contributed by atoms with Gasteiger partial charge in [0.2, 0.25) is 0 Å². The van der Waals surface area contributed by atoms with E-state index >= 15 is 0 Å². The number of aromatic nitrogens is 1. The molecule has 0 fully saturated rings. The topological polar surface area (TPSA) is 38.1 Å². The molecular weight excluding hydrogens is 244 g/mol. The van der Waals surface area contributed by atoms with Gasteiger partial charge < -0.3 is 9.73 Å². The standard InChI is InChI=1S/C11H13ClN2OS/c1-2-5-13-6-8-11(15-7-14-8)9-3-4-10(12)16-9/h3-4,7,13H,2,5-6H2,1H3. The van der Waals surface area contributed by atoms with E-state index in [9.17, 15) is 0 Å². The normalized spacial score (nSPS) is 10.9. The van der Waals surface area contributed by atoms with E-state index in [0.717, 1.165) is 40.2 Å². The summed E-state index contributed by atoms with van der Waals surface area (Å²) >= 11 is 7.40. The van der Waals surface area contributed by atoms with Crippen molar-refractivity contribution in [3.63, 3.8) is 0 Å². The maximum Gasteiger partial charge on any atom is 0.181 e. The second-order valence-corrected chi connectivity index (χ2v) is 5.12. The lowest BCUT2D eigenvalue weighted by atomic mass is 10.3. The summed E-state index contributed by atoms with van der Waals surface area (Å²) < 4.78 is 6.16. The summed E-state index contributed by atoms with van der Waals surface area (Å²) in [6.45, 7) is 3.85. The van der Waals surface area contributed by atoms with Crippen molar-refractivity contribution in [2.24, 2.45) is 0 Å². The van der Waals surface area contributed by atoms with Crippen molar-refractivity contribution in [3.8, 4) is 10.6 Å². The van der Waals surface area contributed by atoms with Crippen LogP contribution in [0.2, 0.25) is 4.34 Å². The Balaban J connectivity index is 2.12. The van der Waals surface area contributed by atoms with Gasteiger partial charge in [-0.25, -0.2) is 4.98 Å². The molecule has 3 nitrogen and oxygen atoms in total. The minimum Gasteiger partial charge on any atom is -0.442 e. The predicted octanol–water partition coefficient (Wildman–Crippen LogP) is 3.56. The van der Waals surface area contributed by atoms with Gasteiger partial charge in [0.25, 0.3) is 0 Å². The molecule has 0 saturated carbocycles. The van der Waals surface area contributed by atoms with Crippen LogP contribution in [0.25, 0.3) is 10.6 Å². The number of nitrogens with zero attached hydrogens (tertiary/aromatic N) is 1. The van der Waals surface area contributed by atoms with E-state index in [1.165, 1.54) is 17.7 Å². The molecule has 0 saturated heterocycles. The van der Waals surface area contributed by atoms with Gasteiger partial charge in [-0.3, -0.25) is 0 Å². The molecule has 0 unspecified atom stereocenters. The zero-order chi connectivity index (χ0) is 11.4. The summed E-state index contributed by atoms with van der Waals surface area (Å²) in [5.74, 6) is 0.820. The van der Waals surface area contributed by atoms with Crippen molar-refractivity contribution in [1.29, 1.82) is 0 Å². The third-order valence-corrected chi connectivity index (χ3v) is 3.39. The summed E-state index contributed by atoms with van der Waals surface area (Å²) in [6, 6.07) is 3.82. The summed E-state index contributed by atoms with van der Waals surface area (Å²) in [5.41, 5.74) is 0.937. The molecule has 86 valence electrons. The lowest BCUT2D eigenvalue weighted by Crippen LogP contribution is -2.14. The summed E-state index contributed by atoms with van der Waals surface area (Å²) in [4.78, 5) is 5.23. The van der Waals surface area contributed by atoms with Crippen LogP contribution in [0.4, 0.5) is 0 Å². The zero-order valence-electron chi connectivity index (χ0n) is 9.00. The molecule has 0 atom stereocenters. The third kappa shape index (κ3) is 2.64. The predicted molar refractivity (Wildman–Crippen MR) is 66.8 cm³/mol. The Hall–Kier alpha value is -0.840. The number of thiophene rings is 1. The van der Waals surface area contributed by atoms with Gasteiger partial charge in [0.1, 0.15) is 5.69 Å². The van der Waals surface area contributed by atoms with Crippen molar-refractivity contribution in [2.45, 2.75) is 19.9 Å². The molecule has 0 aliphatic rings. The number of hydrogen-bond acceptors (Lipinski definition) is 4. The Kier molecular flexibility index (Phi) is 3.98. The van der Waals surface area contributed by atoms with Crippen LogP contribution in [0, 0.1) is 0 Å². The van der Waals surface area contributed by atoms with Crippen LogP contribution in [-0.2, 0) is 6.54 Å². The molecule has 0 spiro atoms. The van der Waals surface area contributed by atoms with Gasteiger partial charge in [-0.1, -0.05) is 18.5 Å². The fourth-order valence-corrected chi connectivity index (χ4v) is 2.47. The number of nitrogens with one attached hydrogen (secondary N) is 1. The molecule has 5 heteroatoms. The van der Waals surface area contributed by atoms with E-state index in [-0.39, 0.29) is 0 Å². The molecule has 2 heterocycles. The molecule has 0 aliphatic heterocycles. The first-order valence-electron chi connectivity index (χ1n) is 5.20. The second-order valence-electron chi connectivity index (χ2n) is 3.41. The fraction of sp³-hybridized carbons (Fsp3) is 0.364. The first-order chi connectivity index (χ1) is 7.81. The first kappa shape index (κ1) is 11.6. The zero-order valence-corrected chi connectivity index (χ0v) is 10.6. The van der Waals surface area contributed by atoms with Crippen LogP contribution in [-0.4, -0.2) is 11.5 Å². The summed E-state index contributed by atoms with van der Waals surface area (Å²) in [5, 5.41) is 3.30. The van der Waals surface area contributed by atoms with E-state index < -0.39 is 0 Å². The van der Waals surface area contributed by atoms with Crippen molar-refractivity contribution in [2.75, 3.05) is 6.54 Å². The van der Waals surface area contributed by atoms with Gasteiger partial charge in [0, 0.05) is 6.54 Å². The van der Waals surface area contributed by atoms with Gasteiger partial charge >= 0.3 is 0 Å². The smallest absolute Gasteiger partial charge is 0.181 e. The molecule has 2 aromatic heterocycles. The molecule has 2 aromatic rings. The maximum absolute atomic E-state index is 5.90. The van der Waals surface area contributed by atoms with Gasteiger partial charge in [-0.2, -0.15) is 0 Å². The molecule has 16 heavy (non-hydrogen) atoms. The maximum atomic E-state index is 5.90. The largest absolute Gasteiger partial charge is 0.442 e. The molecule has 0 bridgehead atoms. The number of oxazole rings is 1. The average molecular weight is 257 g/mol. The monoisotopic (exact) mass is 256 g/mol. The van der Waals surface area contributed by atoms with Crippen LogP contribution in [0.15, 0.2) is 22.9 Å². The van der Waals surface area contributed by atoms with Crippen LogP contribution < -0.4 is 5.32 Å². The molecule has 0 radical (unpaired) electrons. The lowest BCUT2D eigenvalue weighted by molar-refractivity contribution is 0.570. The molecule has 2 rings (SSSR count). The van der Waals surface area contributed by atoms with E-state index in [0.29, 0.717) is 0 Å². The number of halogens is 1. The SMILES string of the molecule is CCCNCc1ncoc1-c1ccc(Cl)s1. The quantitative estimate of drug-likeness (QED) is 0.832. The van der Waals surface area contributed by atoms with Crippen molar-refractivity contribution >= 4 is 22.9 Å². The van der Waals surface area contributed by atoms with Gasteiger partial charge in [-0.05, 0) is 25.1 Å². The Morgan fingerprint density at radius 2 is 2.38 bits per heavy atom. The number of hydrogen-bond donors (Lipinski definition) is 1. The molecule has 0 amide bonds. The van der Waals surface area contributed by atoms with Gasteiger partial charge in [-0.15, -0.1) is 11.3 Å². The van der Waals surface area contributed by atoms with Crippen molar-refractivity contribution in [3.05, 3.63) is 28.6 Å². The van der Waals surface area contributed by atoms with E-state index in [4.69, 9.17) is 16.0 Å². The van der Waals surface area contributed by atoms with Gasteiger partial charge in [0.15, 0.2) is 12.2 Å². The molecule has 0 aliphatic carbocycles. The van der Waals surface area contributed by atoms with Crippen molar-refractivity contribution in [1.82, 2.24) is 10.3 Å². The highest BCUT2D eigenvalue weighted by Gasteiger charge is 2.12. The average Bonchev–Trinajstić information content (AvgIpc) is 2.87. The third-order valence-electron chi connectivity index (χ3n) is 2.16. The highest BCUT2D eigenvalue weighted by Crippen LogP contribution is 2.32. The van der Waals surface area contributed by atoms with Crippen LogP contribution in [0.5, 0.6) is 0 Å². The summed E-state index contributed by atoms with van der Waals surface area (Å²) in [7, 11) is 0. The van der Waals surface area contributed by atoms with Gasteiger partial charge in [0.05, 0.1) is 9.21 Å². The highest BCUT2D eigenvalue weighted by atomic mass is 35.5. The molecule has 1 N–H and O–H groups in total. The second kappa shape index (κ2) is 5.48. The number of rotatable bonds is 5. The molecule has 0 aromatic carbocycles. The van der Waals surface area contributed by atoms with E-state index in [1.54, 1.807) is 0 Å². The van der Waals surface area contributed by atoms with E-state index in [2.05, 4.69) is 17.2 Å². The fourth-order valence-electron chi connectivity index (χ4n) is 1.42. The Labute approximate surface area is 103 Å². The van der Waals surface area contributed by atoms with E-state index in [1.807, 2.05) is 12.1 Å². The summed E-state index contributed by atoms with van der Waals surface area (Å²) in [6.07, 6.45) is 2.59.